The van der Waals surface area contributed by atoms with Gasteiger partial charge < -0.3 is 19.1 Å². The Morgan fingerprint density at radius 1 is 0.567 bits per heavy atom. The van der Waals surface area contributed by atoms with Crippen LogP contribution in [0.2, 0.25) is 0 Å². The molecule has 1 aliphatic heterocycles. The van der Waals surface area contributed by atoms with Crippen LogP contribution >= 0.6 is 0 Å². The van der Waals surface area contributed by atoms with E-state index in [9.17, 15) is 0 Å². The van der Waals surface area contributed by atoms with Gasteiger partial charge in [0.05, 0.1) is 0 Å². The van der Waals surface area contributed by atoms with Crippen molar-refractivity contribution in [3.63, 3.8) is 0 Å². The Hall–Kier alpha value is -5.64. The van der Waals surface area contributed by atoms with Gasteiger partial charge in [0.25, 0.3) is 0 Å². The van der Waals surface area contributed by atoms with Crippen LogP contribution in [0.5, 0.6) is 11.5 Å². The van der Waals surface area contributed by atoms with Crippen molar-refractivity contribution in [3.8, 4) is 28.4 Å². The van der Waals surface area contributed by atoms with Gasteiger partial charge in [-0.15, -0.1) is 48.1 Å². The van der Waals surface area contributed by atoms with E-state index in [4.69, 9.17) is 9.72 Å². The van der Waals surface area contributed by atoms with E-state index in [1.54, 1.807) is 0 Å². The topological polar surface area (TPSA) is 33.5 Å². The van der Waals surface area contributed by atoms with Crippen LogP contribution in [-0.2, 0) is 37.3 Å². The molecule has 60 heavy (non-hydrogen) atoms. The van der Waals surface area contributed by atoms with Gasteiger partial charge in [-0.1, -0.05) is 128 Å². The van der Waals surface area contributed by atoms with Crippen LogP contribution in [0.4, 0.5) is 22.7 Å². The van der Waals surface area contributed by atoms with Gasteiger partial charge >= 0.3 is 0 Å². The summed E-state index contributed by atoms with van der Waals surface area (Å²) in [5, 5.41) is 2.24. The molecule has 0 unspecified atom stereocenters. The molecule has 0 radical (unpaired) electrons. The molecule has 0 saturated heterocycles. The Morgan fingerprint density at radius 3 is 2.03 bits per heavy atom. The maximum atomic E-state index is 6.62. The quantitative estimate of drug-likeness (QED) is 0.156. The first-order valence-electron chi connectivity index (χ1n) is 20.5. The van der Waals surface area contributed by atoms with E-state index in [0.717, 1.165) is 50.4 Å². The first-order chi connectivity index (χ1) is 28.1. The number of ether oxygens (including phenoxy) is 1. The van der Waals surface area contributed by atoms with Crippen LogP contribution in [0, 0.1) is 18.8 Å². The zero-order valence-electron chi connectivity index (χ0n) is 35.9. The van der Waals surface area contributed by atoms with E-state index < -0.39 is 0 Å². The minimum Gasteiger partial charge on any atom is -0.509 e. The Bertz CT molecular complexity index is 2860. The normalized spacial score (nSPS) is 13.2. The maximum Gasteiger partial charge on any atom is 0.135 e. The predicted octanol–water partition coefficient (Wildman–Crippen LogP) is 14.5. The van der Waals surface area contributed by atoms with Crippen LogP contribution in [0.15, 0.2) is 140 Å². The summed E-state index contributed by atoms with van der Waals surface area (Å²) in [5.74, 6) is 2.07. The van der Waals surface area contributed by atoms with Crippen molar-refractivity contribution in [1.29, 1.82) is 0 Å². The molecule has 8 aromatic rings. The van der Waals surface area contributed by atoms with E-state index in [-0.39, 0.29) is 37.3 Å². The van der Waals surface area contributed by atoms with Gasteiger partial charge in [-0.25, -0.2) is 4.98 Å². The van der Waals surface area contributed by atoms with Crippen molar-refractivity contribution in [2.24, 2.45) is 0 Å². The van der Waals surface area contributed by atoms with Crippen molar-refractivity contribution < 1.29 is 25.8 Å². The zero-order chi connectivity index (χ0) is 41.3. The summed E-state index contributed by atoms with van der Waals surface area (Å²) in [6.07, 6.45) is 1.90. The maximum absolute atomic E-state index is 6.62. The molecular weight excluding hydrogens is 916 g/mol. The second-order valence-electron chi connectivity index (χ2n) is 18.7. The summed E-state index contributed by atoms with van der Waals surface area (Å²) in [5.41, 5.74) is 12.4. The van der Waals surface area contributed by atoms with Gasteiger partial charge in [-0.2, -0.15) is 12.1 Å². The first-order valence-corrected chi connectivity index (χ1v) is 20.5. The molecule has 2 aromatic heterocycles. The molecule has 5 nitrogen and oxygen atoms in total. The fourth-order valence-corrected chi connectivity index (χ4v) is 8.13. The van der Waals surface area contributed by atoms with Crippen molar-refractivity contribution in [2.75, 3.05) is 9.80 Å². The molecule has 9 rings (SSSR count). The predicted molar refractivity (Wildman–Crippen MR) is 246 cm³/mol. The summed E-state index contributed by atoms with van der Waals surface area (Å²) in [7, 11) is 0. The summed E-state index contributed by atoms with van der Waals surface area (Å²) in [6.45, 7) is 22.6. The van der Waals surface area contributed by atoms with E-state index in [0.29, 0.717) is 11.5 Å². The molecule has 1 aliphatic rings. The molecule has 6 aromatic carbocycles. The monoisotopic (exact) mass is 966 g/mol. The smallest absolute Gasteiger partial charge is 0.135 e. The molecule has 0 spiro atoms. The van der Waals surface area contributed by atoms with Crippen LogP contribution in [0.3, 0.4) is 0 Å². The van der Waals surface area contributed by atoms with Crippen molar-refractivity contribution in [1.82, 2.24) is 9.55 Å². The van der Waals surface area contributed by atoms with Crippen LogP contribution < -0.4 is 14.5 Å². The molecule has 0 atom stereocenters. The standard InChI is InChI=1S/C54H51N4O.Pt/c1-52(2,3)37-22-27-48-50(30-37)57(40-23-25-43(36-16-11-10-12-17-36)46(33-40)54(7,8)9)35-56(48)39-18-15-19-41(32-39)59-42-24-26-45-44-20-13-14-21-47(44)58(49(45)34-42)51-31-38(28-29-55-51)53(4,5)6;/h10-31,33,35H,1-9H3;/q-3;. The fraction of sp³-hybridized carbons (Fsp3) is 0.222. The molecule has 0 bridgehead atoms. The van der Waals surface area contributed by atoms with E-state index in [2.05, 4.69) is 211 Å². The van der Waals surface area contributed by atoms with Crippen LogP contribution in [0.25, 0.3) is 38.8 Å². The Labute approximate surface area is 369 Å². The molecule has 0 amide bonds. The summed E-state index contributed by atoms with van der Waals surface area (Å²) in [4.78, 5) is 9.38. The third kappa shape index (κ3) is 7.65. The van der Waals surface area contributed by atoms with E-state index in [1.165, 1.54) is 27.8 Å². The number of hydrogen-bond acceptors (Lipinski definition) is 4. The third-order valence-electron chi connectivity index (χ3n) is 11.4. The second-order valence-corrected chi connectivity index (χ2v) is 18.7. The number of aromatic nitrogens is 2. The number of rotatable bonds is 6. The molecular formula is C54H51N4OPt-3. The van der Waals surface area contributed by atoms with E-state index >= 15 is 0 Å². The number of fused-ring (bicyclic) bond motifs is 4. The Morgan fingerprint density at radius 2 is 1.28 bits per heavy atom. The molecule has 0 fully saturated rings. The number of anilines is 4. The average molecular weight is 967 g/mol. The van der Waals surface area contributed by atoms with Gasteiger partial charge in [0.1, 0.15) is 5.82 Å². The fourth-order valence-electron chi connectivity index (χ4n) is 8.13. The van der Waals surface area contributed by atoms with Gasteiger partial charge in [0, 0.05) is 61.3 Å². The molecule has 3 heterocycles. The number of hydrogen-bond donors (Lipinski definition) is 0. The molecule has 0 saturated carbocycles. The second kappa shape index (κ2) is 15.4. The summed E-state index contributed by atoms with van der Waals surface area (Å²) < 4.78 is 8.82. The zero-order valence-corrected chi connectivity index (χ0v) is 38.1. The molecule has 0 aliphatic carbocycles. The van der Waals surface area contributed by atoms with Crippen molar-refractivity contribution in [3.05, 3.63) is 175 Å². The molecule has 0 N–H and O–H groups in total. The molecule has 6 heteroatoms. The SMILES string of the molecule is CC(C)(C)c1ccnc(-n2c3[c-]c(Oc4[c-]c(N5[CH-]N(c6ccc(-c7ccccc7)c(C(C)(C)C)c6)c6cc(C(C)(C)C)ccc65)ccc4)ccc3c3ccccc32)c1.[Pt]. The minimum atomic E-state index is -0.0719. The summed E-state index contributed by atoms with van der Waals surface area (Å²) >= 11 is 0. The Balaban J connectivity index is 0.00000499. The van der Waals surface area contributed by atoms with Crippen molar-refractivity contribution >= 4 is 44.6 Å². The number of benzene rings is 6. The number of nitrogens with zero attached hydrogens (tertiary/aromatic N) is 4. The van der Waals surface area contributed by atoms with Crippen LogP contribution in [-0.4, -0.2) is 9.55 Å². The van der Waals surface area contributed by atoms with Gasteiger partial charge in [0.2, 0.25) is 0 Å². The van der Waals surface area contributed by atoms with Gasteiger partial charge in [0.15, 0.2) is 0 Å². The number of para-hydroxylation sites is 1. The minimum absolute atomic E-state index is 0. The number of pyridine rings is 1. The van der Waals surface area contributed by atoms with Crippen molar-refractivity contribution in [2.45, 2.75) is 78.6 Å². The first kappa shape index (κ1) is 41.1. The largest absolute Gasteiger partial charge is 0.509 e. The average Bonchev–Trinajstić information content (AvgIpc) is 3.76. The van der Waals surface area contributed by atoms with Gasteiger partial charge in [-0.3, -0.25) is 0 Å². The summed E-state index contributed by atoms with van der Waals surface area (Å²) in [6, 6.07) is 54.6. The third-order valence-corrected chi connectivity index (χ3v) is 11.4. The van der Waals surface area contributed by atoms with Crippen LogP contribution in [0.1, 0.15) is 79.0 Å². The Kier molecular flexibility index (Phi) is 10.6. The van der Waals surface area contributed by atoms with Gasteiger partial charge in [-0.05, 0) is 91.9 Å². The molecule has 306 valence electrons. The van der Waals surface area contributed by atoms with E-state index in [1.807, 2.05) is 24.4 Å².